The number of allylic oxidation sites excluding steroid dienone is 3. The summed E-state index contributed by atoms with van der Waals surface area (Å²) in [5, 5.41) is 10.1. The highest BCUT2D eigenvalue weighted by Gasteiger charge is 2.36. The van der Waals surface area contributed by atoms with E-state index in [0.29, 0.717) is 26.9 Å². The molecule has 108 valence electrons. The zero-order valence-corrected chi connectivity index (χ0v) is 12.9. The lowest BCUT2D eigenvalue weighted by atomic mass is 9.81. The van der Waals surface area contributed by atoms with E-state index in [0.717, 1.165) is 0 Å². The zero-order valence-electron chi connectivity index (χ0n) is 11.4. The highest BCUT2D eigenvalue weighted by atomic mass is 35.5. The summed E-state index contributed by atoms with van der Waals surface area (Å²) < 4.78 is 5.30. The van der Waals surface area contributed by atoms with Crippen molar-refractivity contribution in [1.82, 2.24) is 0 Å². The Morgan fingerprint density at radius 2 is 1.95 bits per heavy atom. The van der Waals surface area contributed by atoms with E-state index >= 15 is 0 Å². The highest BCUT2D eigenvalue weighted by molar-refractivity contribution is 6.36. The van der Waals surface area contributed by atoms with Crippen molar-refractivity contribution in [2.75, 3.05) is 0 Å². The third-order valence-electron chi connectivity index (χ3n) is 3.27. The molecule has 21 heavy (non-hydrogen) atoms. The highest BCUT2D eigenvalue weighted by Crippen LogP contribution is 2.44. The van der Waals surface area contributed by atoms with Gasteiger partial charge in [0.2, 0.25) is 5.88 Å². The molecular weight excluding hydrogens is 311 g/mol. The Kier molecular flexibility index (Phi) is 4.26. The van der Waals surface area contributed by atoms with Gasteiger partial charge in [-0.15, -0.1) is 0 Å². The quantitative estimate of drug-likeness (QED) is 0.901. The van der Waals surface area contributed by atoms with Crippen molar-refractivity contribution in [3.63, 3.8) is 0 Å². The fourth-order valence-electron chi connectivity index (χ4n) is 2.41. The van der Waals surface area contributed by atoms with E-state index in [4.69, 9.17) is 33.7 Å². The molecule has 0 spiro atoms. The van der Waals surface area contributed by atoms with Gasteiger partial charge in [-0.25, -0.2) is 0 Å². The minimum absolute atomic E-state index is 0.0408. The van der Waals surface area contributed by atoms with Gasteiger partial charge < -0.3 is 10.5 Å². The lowest BCUT2D eigenvalue weighted by Gasteiger charge is -2.27. The average molecular weight is 323 g/mol. The first-order valence-corrected chi connectivity index (χ1v) is 6.87. The number of nitrogens with zero attached hydrogens (tertiary/aromatic N) is 1. The van der Waals surface area contributed by atoms with Crippen LogP contribution >= 0.6 is 23.2 Å². The molecule has 1 heterocycles. The number of ether oxygens (including phenoxy) is 1. The number of carbonyl (C=O) groups excluding carboxylic acids is 1. The van der Waals surface area contributed by atoms with Crippen LogP contribution in [0.1, 0.15) is 25.3 Å². The van der Waals surface area contributed by atoms with Crippen LogP contribution in [0.2, 0.25) is 10.0 Å². The van der Waals surface area contributed by atoms with Gasteiger partial charge in [0.1, 0.15) is 17.4 Å². The molecule has 6 heteroatoms. The third kappa shape index (κ3) is 2.63. The monoisotopic (exact) mass is 322 g/mol. The molecule has 1 aliphatic heterocycles. The SMILES string of the molecule is CC(=O)C1=C(C)OC(N)=C(C#N)[C@H]1c1c(Cl)cccc1Cl. The second kappa shape index (κ2) is 5.80. The molecule has 4 nitrogen and oxygen atoms in total. The number of Topliss-reactive ketones (excluding diaryl/α,β-unsaturated/α-hetero) is 1. The van der Waals surface area contributed by atoms with Gasteiger partial charge in [-0.2, -0.15) is 5.26 Å². The van der Waals surface area contributed by atoms with Crippen LogP contribution in [-0.4, -0.2) is 5.78 Å². The number of hydrogen-bond donors (Lipinski definition) is 1. The van der Waals surface area contributed by atoms with Crippen LogP contribution in [0.3, 0.4) is 0 Å². The Bertz CT molecular complexity index is 709. The van der Waals surface area contributed by atoms with E-state index in [-0.39, 0.29) is 17.2 Å². The predicted octanol–water partition coefficient (Wildman–Crippen LogP) is 3.66. The van der Waals surface area contributed by atoms with Gasteiger partial charge in [0.15, 0.2) is 5.78 Å². The predicted molar refractivity (Wildman–Crippen MR) is 80.5 cm³/mol. The molecule has 0 aromatic heterocycles. The molecule has 2 rings (SSSR count). The second-order valence-corrected chi connectivity index (χ2v) is 5.40. The topological polar surface area (TPSA) is 76.1 Å². The van der Waals surface area contributed by atoms with Crippen LogP contribution in [0.4, 0.5) is 0 Å². The summed E-state index contributed by atoms with van der Waals surface area (Å²) >= 11 is 12.4. The van der Waals surface area contributed by atoms with Gasteiger partial charge >= 0.3 is 0 Å². The van der Waals surface area contributed by atoms with E-state index in [1.54, 1.807) is 25.1 Å². The molecule has 1 atom stereocenters. The first-order valence-electron chi connectivity index (χ1n) is 6.11. The lowest BCUT2D eigenvalue weighted by molar-refractivity contribution is -0.114. The van der Waals surface area contributed by atoms with Crippen LogP contribution in [0.25, 0.3) is 0 Å². The summed E-state index contributed by atoms with van der Waals surface area (Å²) in [5.41, 5.74) is 6.71. The third-order valence-corrected chi connectivity index (χ3v) is 3.93. The van der Waals surface area contributed by atoms with Crippen molar-refractivity contribution < 1.29 is 9.53 Å². The summed E-state index contributed by atoms with van der Waals surface area (Å²) in [6.07, 6.45) is 0. The molecule has 1 aromatic rings. The summed E-state index contributed by atoms with van der Waals surface area (Å²) in [4.78, 5) is 12.0. The Hall–Kier alpha value is -1.96. The van der Waals surface area contributed by atoms with Crippen molar-refractivity contribution >= 4 is 29.0 Å². The molecule has 2 N–H and O–H groups in total. The molecule has 1 aromatic carbocycles. The van der Waals surface area contributed by atoms with Gasteiger partial charge in [-0.3, -0.25) is 4.79 Å². The Labute approximate surface area is 132 Å². The van der Waals surface area contributed by atoms with Crippen molar-refractivity contribution in [2.24, 2.45) is 5.73 Å². The molecule has 1 aliphatic rings. The largest absolute Gasteiger partial charge is 0.445 e. The van der Waals surface area contributed by atoms with Crippen LogP contribution in [0, 0.1) is 11.3 Å². The van der Waals surface area contributed by atoms with Crippen LogP contribution in [0.5, 0.6) is 0 Å². The van der Waals surface area contributed by atoms with E-state index in [9.17, 15) is 10.1 Å². The van der Waals surface area contributed by atoms with E-state index in [2.05, 4.69) is 0 Å². The number of hydrogen-bond acceptors (Lipinski definition) is 4. The molecule has 0 saturated heterocycles. The summed E-state index contributed by atoms with van der Waals surface area (Å²) in [6.45, 7) is 3.02. The normalized spacial score (nSPS) is 18.3. The number of benzene rings is 1. The minimum Gasteiger partial charge on any atom is -0.445 e. The van der Waals surface area contributed by atoms with Crippen LogP contribution in [-0.2, 0) is 9.53 Å². The fourth-order valence-corrected chi connectivity index (χ4v) is 3.03. The maximum Gasteiger partial charge on any atom is 0.205 e. The number of nitrogens with two attached hydrogens (primary N) is 1. The summed E-state index contributed by atoms with van der Waals surface area (Å²) in [6, 6.07) is 6.98. The fraction of sp³-hybridized carbons (Fsp3) is 0.200. The zero-order chi connectivity index (χ0) is 15.7. The maximum absolute atomic E-state index is 12.0. The molecule has 0 bridgehead atoms. The van der Waals surface area contributed by atoms with Gasteiger partial charge in [0, 0.05) is 21.2 Å². The van der Waals surface area contributed by atoms with Gasteiger partial charge in [0.05, 0.1) is 5.92 Å². The average Bonchev–Trinajstić information content (AvgIpc) is 2.37. The summed E-state index contributed by atoms with van der Waals surface area (Å²) in [5.74, 6) is -0.642. The van der Waals surface area contributed by atoms with Crippen LogP contribution in [0.15, 0.2) is 41.0 Å². The van der Waals surface area contributed by atoms with Crippen molar-refractivity contribution in [3.8, 4) is 6.07 Å². The van der Waals surface area contributed by atoms with Crippen molar-refractivity contribution in [3.05, 3.63) is 56.6 Å². The first kappa shape index (κ1) is 15.4. The Morgan fingerprint density at radius 3 is 2.43 bits per heavy atom. The molecule has 0 saturated carbocycles. The van der Waals surface area contributed by atoms with Gasteiger partial charge in [-0.1, -0.05) is 29.3 Å². The van der Waals surface area contributed by atoms with Crippen molar-refractivity contribution in [2.45, 2.75) is 19.8 Å². The van der Waals surface area contributed by atoms with E-state index < -0.39 is 5.92 Å². The van der Waals surface area contributed by atoms with E-state index in [1.807, 2.05) is 6.07 Å². The Balaban J connectivity index is 2.79. The second-order valence-electron chi connectivity index (χ2n) is 4.59. The maximum atomic E-state index is 12.0. The molecular formula is C15H12Cl2N2O2. The number of halogens is 2. The summed E-state index contributed by atoms with van der Waals surface area (Å²) in [7, 11) is 0. The number of rotatable bonds is 2. The number of carbonyl (C=O) groups is 1. The van der Waals surface area contributed by atoms with E-state index in [1.165, 1.54) is 6.92 Å². The molecule has 0 amide bonds. The molecule has 0 aliphatic carbocycles. The van der Waals surface area contributed by atoms with Gasteiger partial charge in [-0.05, 0) is 26.0 Å². The Morgan fingerprint density at radius 1 is 1.38 bits per heavy atom. The molecule has 0 unspecified atom stereocenters. The standard InChI is InChI=1S/C15H12Cl2N2O2/c1-7(20)12-8(2)21-15(19)9(6-18)13(12)14-10(16)4-3-5-11(14)17/h3-5,13H,19H2,1-2H3/t13-/m1/s1. The lowest BCUT2D eigenvalue weighted by Crippen LogP contribution is -2.23. The first-order chi connectivity index (χ1) is 9.88. The number of ketones is 1. The van der Waals surface area contributed by atoms with Crippen LogP contribution < -0.4 is 5.73 Å². The van der Waals surface area contributed by atoms with Crippen molar-refractivity contribution in [1.29, 1.82) is 5.26 Å². The van der Waals surface area contributed by atoms with Gasteiger partial charge in [0.25, 0.3) is 0 Å². The smallest absolute Gasteiger partial charge is 0.205 e. The minimum atomic E-state index is -0.720. The molecule has 0 radical (unpaired) electrons. The number of nitriles is 1. The molecule has 0 fully saturated rings.